The number of halogens is 2. The third-order valence-corrected chi connectivity index (χ3v) is 2.09. The van der Waals surface area contributed by atoms with E-state index in [1.807, 2.05) is 4.57 Å². The molecule has 3 N–H and O–H groups in total. The van der Waals surface area contributed by atoms with E-state index in [2.05, 4.69) is 15.0 Å². The molecule has 0 unspecified atom stereocenters. The van der Waals surface area contributed by atoms with Gasteiger partial charge in [-0.25, -0.2) is 9.97 Å². The number of aromatic nitrogens is 4. The number of H-pyrrole nitrogens is 1. The Hall–Kier alpha value is -0.690. The van der Waals surface area contributed by atoms with Gasteiger partial charge in [-0.1, -0.05) is 12.2 Å². The zero-order valence-electron chi connectivity index (χ0n) is 7.71. The van der Waals surface area contributed by atoms with Gasteiger partial charge in [-0.15, -0.1) is 24.8 Å². The molecule has 0 atom stereocenters. The molecule has 0 spiro atoms. The van der Waals surface area contributed by atoms with Gasteiger partial charge in [0.05, 0.1) is 12.7 Å². The van der Waals surface area contributed by atoms with Crippen LogP contribution in [0.25, 0.3) is 11.2 Å². The van der Waals surface area contributed by atoms with Crippen molar-refractivity contribution in [2.45, 2.75) is 6.54 Å². The van der Waals surface area contributed by atoms with Gasteiger partial charge in [0.2, 0.25) is 0 Å². The second-order valence-electron chi connectivity index (χ2n) is 2.63. The van der Waals surface area contributed by atoms with Crippen LogP contribution in [0, 0.1) is 4.64 Å². The van der Waals surface area contributed by atoms with Gasteiger partial charge in [0.15, 0.2) is 4.64 Å². The highest BCUT2D eigenvalue weighted by atomic mass is 35.5. The topological polar surface area (TPSA) is 72.5 Å². The fraction of sp³-hybridized carbons (Fsp3) is 0.286. The lowest BCUT2D eigenvalue weighted by atomic mass is 10.5. The minimum Gasteiger partial charge on any atom is -0.331 e. The molecule has 2 rings (SSSR count). The van der Waals surface area contributed by atoms with Crippen molar-refractivity contribution in [1.82, 2.24) is 19.5 Å². The van der Waals surface area contributed by atoms with E-state index < -0.39 is 0 Å². The molecule has 2 heterocycles. The molecule has 0 radical (unpaired) electrons. The number of rotatable bonds is 2. The molecule has 2 aromatic rings. The molecular formula is C7H11Cl2N5S. The van der Waals surface area contributed by atoms with Crippen molar-refractivity contribution in [2.24, 2.45) is 5.73 Å². The van der Waals surface area contributed by atoms with Crippen molar-refractivity contribution in [1.29, 1.82) is 0 Å². The minimum atomic E-state index is 0. The quantitative estimate of drug-likeness (QED) is 0.805. The van der Waals surface area contributed by atoms with Crippen molar-refractivity contribution in [3.05, 3.63) is 17.3 Å². The summed E-state index contributed by atoms with van der Waals surface area (Å²) in [5.41, 5.74) is 7.05. The SMILES string of the molecule is Cl.Cl.NCCn1cnc2c(=S)nc[nH]c21. The fourth-order valence-corrected chi connectivity index (χ4v) is 1.41. The summed E-state index contributed by atoms with van der Waals surface area (Å²) in [5, 5.41) is 0. The van der Waals surface area contributed by atoms with E-state index in [9.17, 15) is 0 Å². The smallest absolute Gasteiger partial charge is 0.157 e. The van der Waals surface area contributed by atoms with Gasteiger partial charge in [0.25, 0.3) is 0 Å². The van der Waals surface area contributed by atoms with Crippen LogP contribution in [0.5, 0.6) is 0 Å². The minimum absolute atomic E-state index is 0. The summed E-state index contributed by atoms with van der Waals surface area (Å²) in [7, 11) is 0. The second kappa shape index (κ2) is 6.02. The first-order valence-electron chi connectivity index (χ1n) is 3.91. The summed E-state index contributed by atoms with van der Waals surface area (Å²) in [6.45, 7) is 1.31. The van der Waals surface area contributed by atoms with E-state index >= 15 is 0 Å². The van der Waals surface area contributed by atoms with Crippen LogP contribution < -0.4 is 5.73 Å². The number of nitrogens with two attached hydrogens (primary N) is 1. The predicted molar refractivity (Wildman–Crippen MR) is 66.3 cm³/mol. The Balaban J connectivity index is 0.000000980. The zero-order valence-corrected chi connectivity index (χ0v) is 10.2. The average Bonchev–Trinajstić information content (AvgIpc) is 2.51. The first-order chi connectivity index (χ1) is 6.33. The molecule has 0 aromatic carbocycles. The Morgan fingerprint density at radius 2 is 2.13 bits per heavy atom. The van der Waals surface area contributed by atoms with Crippen molar-refractivity contribution in [2.75, 3.05) is 6.54 Å². The third kappa shape index (κ3) is 2.66. The predicted octanol–water partition coefficient (Wildman–Crippen LogP) is 1.29. The van der Waals surface area contributed by atoms with Gasteiger partial charge in [-0.05, 0) is 0 Å². The van der Waals surface area contributed by atoms with Crippen LogP contribution in [0.2, 0.25) is 0 Å². The number of nitrogens with zero attached hydrogens (tertiary/aromatic N) is 3. The summed E-state index contributed by atoms with van der Waals surface area (Å²) >= 11 is 5.01. The Kier molecular flexibility index (Phi) is 5.74. The lowest BCUT2D eigenvalue weighted by Crippen LogP contribution is -2.09. The maximum Gasteiger partial charge on any atom is 0.157 e. The lowest BCUT2D eigenvalue weighted by molar-refractivity contribution is 0.721. The molecule has 0 bridgehead atoms. The molecular weight excluding hydrogens is 257 g/mol. The molecule has 0 aliphatic rings. The highest BCUT2D eigenvalue weighted by molar-refractivity contribution is 7.71. The first-order valence-corrected chi connectivity index (χ1v) is 4.32. The molecule has 0 aliphatic heterocycles. The summed E-state index contributed by atoms with van der Waals surface area (Å²) in [6.07, 6.45) is 3.28. The van der Waals surface area contributed by atoms with Gasteiger partial charge >= 0.3 is 0 Å². The van der Waals surface area contributed by atoms with E-state index in [-0.39, 0.29) is 24.8 Å². The first kappa shape index (κ1) is 14.3. The van der Waals surface area contributed by atoms with E-state index in [0.29, 0.717) is 11.2 Å². The molecule has 0 aliphatic carbocycles. The van der Waals surface area contributed by atoms with Crippen LogP contribution in [0.3, 0.4) is 0 Å². The molecule has 15 heavy (non-hydrogen) atoms. The maximum absolute atomic E-state index is 5.44. The van der Waals surface area contributed by atoms with Gasteiger partial charge < -0.3 is 15.3 Å². The van der Waals surface area contributed by atoms with E-state index in [0.717, 1.165) is 17.7 Å². The van der Waals surface area contributed by atoms with Gasteiger partial charge in [0, 0.05) is 13.1 Å². The lowest BCUT2D eigenvalue weighted by Gasteiger charge is -1.99. The Bertz CT molecular complexity index is 479. The number of fused-ring (bicyclic) bond motifs is 1. The van der Waals surface area contributed by atoms with Gasteiger partial charge in [-0.2, -0.15) is 0 Å². The van der Waals surface area contributed by atoms with Gasteiger partial charge in [0.1, 0.15) is 11.2 Å². The highest BCUT2D eigenvalue weighted by Gasteiger charge is 2.02. The van der Waals surface area contributed by atoms with Crippen molar-refractivity contribution >= 4 is 48.2 Å². The maximum atomic E-state index is 5.44. The monoisotopic (exact) mass is 267 g/mol. The Morgan fingerprint density at radius 1 is 1.40 bits per heavy atom. The number of hydrogen-bond acceptors (Lipinski definition) is 4. The van der Waals surface area contributed by atoms with Crippen LogP contribution in [0.1, 0.15) is 0 Å². The van der Waals surface area contributed by atoms with E-state index in [4.69, 9.17) is 18.0 Å². The largest absolute Gasteiger partial charge is 0.331 e. The molecule has 84 valence electrons. The van der Waals surface area contributed by atoms with E-state index in [1.54, 1.807) is 12.7 Å². The van der Waals surface area contributed by atoms with Crippen molar-refractivity contribution in [3.63, 3.8) is 0 Å². The number of hydrogen-bond donors (Lipinski definition) is 2. The van der Waals surface area contributed by atoms with Crippen LogP contribution in [0.15, 0.2) is 12.7 Å². The van der Waals surface area contributed by atoms with Crippen molar-refractivity contribution < 1.29 is 0 Å². The summed E-state index contributed by atoms with van der Waals surface area (Å²) in [6, 6.07) is 0. The number of aromatic amines is 1. The zero-order chi connectivity index (χ0) is 9.26. The van der Waals surface area contributed by atoms with Crippen LogP contribution >= 0.6 is 37.0 Å². The molecule has 8 heteroatoms. The highest BCUT2D eigenvalue weighted by Crippen LogP contribution is 2.08. The molecule has 0 fully saturated rings. The fourth-order valence-electron chi connectivity index (χ4n) is 1.21. The van der Waals surface area contributed by atoms with Crippen molar-refractivity contribution in [3.8, 4) is 0 Å². The normalized spacial score (nSPS) is 9.40. The molecule has 2 aromatic heterocycles. The number of imidazole rings is 1. The second-order valence-corrected chi connectivity index (χ2v) is 3.02. The third-order valence-electron chi connectivity index (χ3n) is 1.79. The van der Waals surface area contributed by atoms with Crippen LogP contribution in [0.4, 0.5) is 0 Å². The Morgan fingerprint density at radius 3 is 2.80 bits per heavy atom. The standard InChI is InChI=1S/C7H9N5S.2ClH/c8-1-2-12-4-11-5-6(12)9-3-10-7(5)13;;/h3-4H,1-2,8H2,(H,9,10,13);2*1H. The molecule has 0 amide bonds. The van der Waals surface area contributed by atoms with Gasteiger partial charge in [-0.3, -0.25) is 0 Å². The van der Waals surface area contributed by atoms with Crippen LogP contribution in [-0.4, -0.2) is 26.1 Å². The van der Waals surface area contributed by atoms with E-state index in [1.165, 1.54) is 0 Å². The molecule has 0 saturated carbocycles. The summed E-state index contributed by atoms with van der Waals surface area (Å²) in [5.74, 6) is 0. The Labute approximate surface area is 104 Å². The summed E-state index contributed by atoms with van der Waals surface area (Å²) in [4.78, 5) is 11.1. The molecule has 0 saturated heterocycles. The summed E-state index contributed by atoms with van der Waals surface area (Å²) < 4.78 is 2.44. The van der Waals surface area contributed by atoms with Crippen LogP contribution in [-0.2, 0) is 6.54 Å². The number of nitrogens with one attached hydrogen (secondary N) is 1. The average molecular weight is 268 g/mol. The molecule has 5 nitrogen and oxygen atoms in total.